The van der Waals surface area contributed by atoms with E-state index in [4.69, 9.17) is 18.9 Å². The van der Waals surface area contributed by atoms with Crippen LogP contribution in [-0.4, -0.2) is 48.4 Å². The van der Waals surface area contributed by atoms with Crippen molar-refractivity contribution in [2.24, 2.45) is 0 Å². The van der Waals surface area contributed by atoms with E-state index in [-0.39, 0.29) is 19.8 Å². The topological polar surface area (TPSA) is 91.3 Å². The maximum absolute atomic E-state index is 12.0. The van der Waals surface area contributed by atoms with Crippen LogP contribution in [0.5, 0.6) is 0 Å². The Kier molecular flexibility index (Phi) is 11.3. The van der Waals surface area contributed by atoms with Crippen molar-refractivity contribution in [1.82, 2.24) is 0 Å². The monoisotopic (exact) mass is 492 g/mol. The van der Waals surface area contributed by atoms with Crippen LogP contribution in [0.15, 0.2) is 91.0 Å². The second-order valence-electron chi connectivity index (χ2n) is 8.30. The Balaban J connectivity index is 1.79. The Morgan fingerprint density at radius 3 is 1.64 bits per heavy atom. The number of carbonyl (C=O) groups excluding carboxylic acids is 2. The number of hydrogen-bond acceptors (Lipinski definition) is 7. The smallest absolute Gasteiger partial charge is 0.303 e. The minimum atomic E-state index is -1.28. The van der Waals surface area contributed by atoms with E-state index in [1.807, 2.05) is 91.0 Å². The van der Waals surface area contributed by atoms with Crippen molar-refractivity contribution in [2.45, 2.75) is 51.2 Å². The van der Waals surface area contributed by atoms with Gasteiger partial charge in [0.05, 0.1) is 26.4 Å². The molecule has 3 rings (SSSR count). The normalized spacial score (nSPS) is 14.4. The average molecular weight is 493 g/mol. The zero-order chi connectivity index (χ0) is 25.6. The fourth-order valence-corrected chi connectivity index (χ4v) is 3.67. The predicted octanol–water partition coefficient (Wildman–Crippen LogP) is 3.87. The summed E-state index contributed by atoms with van der Waals surface area (Å²) in [7, 11) is 0. The lowest BCUT2D eigenvalue weighted by atomic mass is 10.0. The highest BCUT2D eigenvalue weighted by atomic mass is 16.6. The van der Waals surface area contributed by atoms with Gasteiger partial charge in [-0.05, 0) is 16.7 Å². The maximum atomic E-state index is 12.0. The number of ether oxygens (including phenoxy) is 4. The third-order valence-electron chi connectivity index (χ3n) is 5.43. The number of hydrogen-bond donors (Lipinski definition) is 1. The van der Waals surface area contributed by atoms with Crippen molar-refractivity contribution < 1.29 is 33.6 Å². The molecule has 0 saturated carbocycles. The van der Waals surface area contributed by atoms with Gasteiger partial charge in [0.1, 0.15) is 18.3 Å². The zero-order valence-electron chi connectivity index (χ0n) is 20.3. The van der Waals surface area contributed by atoms with Gasteiger partial charge in [0, 0.05) is 6.92 Å². The highest BCUT2D eigenvalue weighted by Crippen LogP contribution is 2.20. The molecule has 0 heterocycles. The van der Waals surface area contributed by atoms with Crippen molar-refractivity contribution in [1.29, 1.82) is 0 Å². The molecule has 36 heavy (non-hydrogen) atoms. The molecule has 3 aromatic rings. The molecule has 4 atom stereocenters. The largest absolute Gasteiger partial charge is 0.452 e. The minimum Gasteiger partial charge on any atom is -0.452 e. The van der Waals surface area contributed by atoms with Crippen LogP contribution in [0, 0.1) is 0 Å². The number of rotatable bonds is 15. The Hall–Kier alpha value is -3.36. The molecule has 0 aliphatic heterocycles. The van der Waals surface area contributed by atoms with Gasteiger partial charge in [-0.1, -0.05) is 91.0 Å². The van der Waals surface area contributed by atoms with Gasteiger partial charge < -0.3 is 24.1 Å². The fraction of sp³-hybridized carbons (Fsp3) is 0.310. The van der Waals surface area contributed by atoms with Crippen LogP contribution in [0.2, 0.25) is 0 Å². The van der Waals surface area contributed by atoms with E-state index in [1.165, 1.54) is 6.92 Å². The third kappa shape index (κ3) is 9.02. The zero-order valence-corrected chi connectivity index (χ0v) is 20.3. The molecule has 0 fully saturated rings. The molecular weight excluding hydrogens is 460 g/mol. The summed E-state index contributed by atoms with van der Waals surface area (Å²) >= 11 is 0. The first-order valence-electron chi connectivity index (χ1n) is 11.8. The Morgan fingerprint density at radius 1 is 0.750 bits per heavy atom. The Labute approximate surface area is 211 Å². The lowest BCUT2D eigenvalue weighted by Gasteiger charge is -2.33. The molecule has 3 aromatic carbocycles. The molecular formula is C29H32O7. The number of carbonyl (C=O) groups is 2. The molecule has 0 saturated heterocycles. The summed E-state index contributed by atoms with van der Waals surface area (Å²) < 4.78 is 23.2. The Morgan fingerprint density at radius 2 is 1.19 bits per heavy atom. The molecule has 0 aromatic heterocycles. The van der Waals surface area contributed by atoms with E-state index in [2.05, 4.69) is 0 Å². The maximum Gasteiger partial charge on any atom is 0.303 e. The summed E-state index contributed by atoms with van der Waals surface area (Å²) in [5.41, 5.74) is 2.68. The average Bonchev–Trinajstić information content (AvgIpc) is 2.91. The fourth-order valence-electron chi connectivity index (χ4n) is 3.67. The molecule has 0 spiro atoms. The molecule has 7 heteroatoms. The number of esters is 1. The van der Waals surface area contributed by atoms with E-state index in [1.54, 1.807) is 0 Å². The molecule has 0 unspecified atom stereocenters. The number of aliphatic hydroxyl groups excluding tert-OH is 1. The summed E-state index contributed by atoms with van der Waals surface area (Å²) in [6.45, 7) is 1.70. The first kappa shape index (κ1) is 27.2. The SMILES string of the molecule is CC(=O)O[C@@H](C=O)[C@@H](OCc1ccccc1)[C@H](OCc1ccccc1)[C@H](O)COCc1ccccc1. The van der Waals surface area contributed by atoms with Gasteiger partial charge >= 0.3 is 5.97 Å². The van der Waals surface area contributed by atoms with Crippen LogP contribution in [0.25, 0.3) is 0 Å². The molecule has 0 aliphatic rings. The first-order valence-corrected chi connectivity index (χ1v) is 11.8. The van der Waals surface area contributed by atoms with Gasteiger partial charge in [-0.25, -0.2) is 0 Å². The number of aldehydes is 1. The molecule has 0 aliphatic carbocycles. The second-order valence-corrected chi connectivity index (χ2v) is 8.30. The van der Waals surface area contributed by atoms with Crippen LogP contribution in [-0.2, 0) is 48.4 Å². The van der Waals surface area contributed by atoms with Crippen molar-refractivity contribution in [3.05, 3.63) is 108 Å². The highest BCUT2D eigenvalue weighted by Gasteiger charge is 2.38. The van der Waals surface area contributed by atoms with Gasteiger partial charge in [0.25, 0.3) is 0 Å². The number of benzene rings is 3. The van der Waals surface area contributed by atoms with Gasteiger partial charge in [0.15, 0.2) is 12.4 Å². The number of aliphatic hydroxyl groups is 1. The lowest BCUT2D eigenvalue weighted by Crippen LogP contribution is -2.51. The molecule has 1 N–H and O–H groups in total. The van der Waals surface area contributed by atoms with Crippen molar-refractivity contribution >= 4 is 12.3 Å². The van der Waals surface area contributed by atoms with Crippen molar-refractivity contribution in [2.75, 3.05) is 6.61 Å². The minimum absolute atomic E-state index is 0.0782. The Bertz CT molecular complexity index is 1030. The van der Waals surface area contributed by atoms with Gasteiger partial charge in [-0.2, -0.15) is 0 Å². The molecule has 0 amide bonds. The van der Waals surface area contributed by atoms with E-state index >= 15 is 0 Å². The lowest BCUT2D eigenvalue weighted by molar-refractivity contribution is -0.189. The van der Waals surface area contributed by atoms with Crippen LogP contribution in [0.3, 0.4) is 0 Å². The summed E-state index contributed by atoms with van der Waals surface area (Å²) in [6, 6.07) is 28.4. The van der Waals surface area contributed by atoms with Crippen LogP contribution in [0.4, 0.5) is 0 Å². The predicted molar refractivity (Wildman–Crippen MR) is 134 cm³/mol. The second kappa shape index (κ2) is 14.9. The quantitative estimate of drug-likeness (QED) is 0.254. The van der Waals surface area contributed by atoms with E-state index in [9.17, 15) is 14.7 Å². The van der Waals surface area contributed by atoms with Gasteiger partial charge in [0.2, 0.25) is 0 Å². The first-order chi connectivity index (χ1) is 17.6. The third-order valence-corrected chi connectivity index (χ3v) is 5.43. The summed E-state index contributed by atoms with van der Waals surface area (Å²) in [5.74, 6) is -0.642. The standard InChI is InChI=1S/C29H32O7/c1-22(31)36-27(17-30)29(35-20-25-15-9-4-10-16-25)28(34-19-24-13-7-3-8-14-24)26(32)21-33-18-23-11-5-2-6-12-23/h2-17,26-29,32H,18-21H2,1H3/t26-,27+,28-,29-/m1/s1. The highest BCUT2D eigenvalue weighted by molar-refractivity contribution is 5.70. The molecule has 0 bridgehead atoms. The molecule has 190 valence electrons. The van der Waals surface area contributed by atoms with E-state index in [0.717, 1.165) is 16.7 Å². The van der Waals surface area contributed by atoms with Gasteiger partial charge in [-0.3, -0.25) is 9.59 Å². The summed E-state index contributed by atoms with van der Waals surface area (Å²) in [4.78, 5) is 23.7. The van der Waals surface area contributed by atoms with Crippen LogP contribution in [0.1, 0.15) is 23.6 Å². The van der Waals surface area contributed by atoms with Crippen LogP contribution < -0.4 is 0 Å². The summed E-state index contributed by atoms with van der Waals surface area (Å²) in [5, 5.41) is 11.1. The molecule has 0 radical (unpaired) electrons. The van der Waals surface area contributed by atoms with Crippen molar-refractivity contribution in [3.63, 3.8) is 0 Å². The van der Waals surface area contributed by atoms with Crippen molar-refractivity contribution in [3.8, 4) is 0 Å². The van der Waals surface area contributed by atoms with E-state index in [0.29, 0.717) is 12.9 Å². The summed E-state index contributed by atoms with van der Waals surface area (Å²) in [6.07, 6.45) is -4.06. The van der Waals surface area contributed by atoms with Gasteiger partial charge in [-0.15, -0.1) is 0 Å². The molecule has 7 nitrogen and oxygen atoms in total. The van der Waals surface area contributed by atoms with E-state index < -0.39 is 30.4 Å². The van der Waals surface area contributed by atoms with Crippen LogP contribution >= 0.6 is 0 Å².